The van der Waals surface area contributed by atoms with E-state index in [1.54, 1.807) is 0 Å². The number of carbonyl (C=O) groups is 1. The van der Waals surface area contributed by atoms with Crippen LogP contribution >= 0.6 is 0 Å². The fourth-order valence-corrected chi connectivity index (χ4v) is 1.93. The Hall–Kier alpha value is -1.75. The van der Waals surface area contributed by atoms with E-state index in [-0.39, 0.29) is 6.10 Å². The summed E-state index contributed by atoms with van der Waals surface area (Å²) in [4.78, 5) is 12.2. The predicted molar refractivity (Wildman–Crippen MR) is 63.9 cm³/mol. The number of carboxylic acid groups (broad SMARTS) is 1. The van der Waals surface area contributed by atoms with Crippen LogP contribution in [0, 0.1) is 0 Å². The van der Waals surface area contributed by atoms with E-state index in [1.165, 1.54) is 4.90 Å². The summed E-state index contributed by atoms with van der Waals surface area (Å²) in [6, 6.07) is 7.57. The molecule has 0 aromatic heterocycles. The maximum atomic E-state index is 10.9. The van der Waals surface area contributed by atoms with Crippen molar-refractivity contribution >= 4 is 11.8 Å². The second-order valence-corrected chi connectivity index (χ2v) is 4.17. The molecule has 0 aliphatic carbocycles. The number of ether oxygens (including phenoxy) is 1. The topological polar surface area (TPSA) is 75.8 Å². The molecule has 5 nitrogen and oxygen atoms in total. The first-order valence-corrected chi connectivity index (χ1v) is 5.59. The molecule has 1 heterocycles. The van der Waals surface area contributed by atoms with Crippen molar-refractivity contribution in [2.75, 3.05) is 25.4 Å². The molecule has 1 aliphatic rings. The van der Waals surface area contributed by atoms with Crippen LogP contribution in [0.3, 0.4) is 0 Å². The Labute approximate surface area is 99.8 Å². The van der Waals surface area contributed by atoms with Gasteiger partial charge in [0.15, 0.2) is 0 Å². The van der Waals surface area contributed by atoms with Gasteiger partial charge in [0.05, 0.1) is 19.3 Å². The molecule has 1 fully saturated rings. The van der Waals surface area contributed by atoms with Gasteiger partial charge in [-0.3, -0.25) is 0 Å². The van der Waals surface area contributed by atoms with Crippen molar-refractivity contribution < 1.29 is 14.6 Å². The van der Waals surface area contributed by atoms with Gasteiger partial charge in [-0.05, 0) is 17.7 Å². The molecular weight excluding hydrogens is 220 g/mol. The molecule has 5 heteroatoms. The number of benzene rings is 1. The maximum Gasteiger partial charge on any atom is 0.407 e. The van der Waals surface area contributed by atoms with Gasteiger partial charge >= 0.3 is 6.09 Å². The molecule has 0 unspecified atom stereocenters. The Morgan fingerprint density at radius 2 is 2.18 bits per heavy atom. The van der Waals surface area contributed by atoms with Gasteiger partial charge in [-0.2, -0.15) is 0 Å². The molecule has 0 spiro atoms. The lowest BCUT2D eigenvalue weighted by molar-refractivity contribution is -0.0210. The SMILES string of the molecule is Nc1ccc(C[C@@H]2CN(C(=O)O)CCO2)cc1. The normalized spacial score (nSPS) is 20.2. The lowest BCUT2D eigenvalue weighted by Crippen LogP contribution is -2.45. The fourth-order valence-electron chi connectivity index (χ4n) is 1.93. The first kappa shape index (κ1) is 11.7. The summed E-state index contributed by atoms with van der Waals surface area (Å²) in [5.74, 6) is 0. The second-order valence-electron chi connectivity index (χ2n) is 4.17. The van der Waals surface area contributed by atoms with Crippen molar-refractivity contribution in [3.63, 3.8) is 0 Å². The first-order valence-electron chi connectivity index (χ1n) is 5.59. The zero-order valence-electron chi connectivity index (χ0n) is 9.50. The van der Waals surface area contributed by atoms with E-state index in [0.717, 1.165) is 11.3 Å². The molecule has 1 saturated heterocycles. The third-order valence-electron chi connectivity index (χ3n) is 2.85. The average Bonchev–Trinajstić information content (AvgIpc) is 2.32. The van der Waals surface area contributed by atoms with Crippen molar-refractivity contribution in [2.24, 2.45) is 0 Å². The molecule has 92 valence electrons. The minimum absolute atomic E-state index is 0.0662. The Kier molecular flexibility index (Phi) is 3.49. The fraction of sp³-hybridized carbons (Fsp3) is 0.417. The molecule has 2 rings (SSSR count). The largest absolute Gasteiger partial charge is 0.465 e. The molecule has 17 heavy (non-hydrogen) atoms. The lowest BCUT2D eigenvalue weighted by atomic mass is 10.1. The van der Waals surface area contributed by atoms with Gasteiger partial charge in [0.25, 0.3) is 0 Å². The molecule has 1 atom stereocenters. The highest BCUT2D eigenvalue weighted by molar-refractivity contribution is 5.65. The number of morpholine rings is 1. The van der Waals surface area contributed by atoms with E-state index in [1.807, 2.05) is 24.3 Å². The van der Waals surface area contributed by atoms with Gasteiger partial charge in [0.1, 0.15) is 0 Å². The average molecular weight is 236 g/mol. The van der Waals surface area contributed by atoms with Crippen LogP contribution in [0.15, 0.2) is 24.3 Å². The zero-order chi connectivity index (χ0) is 12.3. The highest BCUT2D eigenvalue weighted by Gasteiger charge is 2.23. The van der Waals surface area contributed by atoms with E-state index >= 15 is 0 Å². The van der Waals surface area contributed by atoms with E-state index in [2.05, 4.69) is 0 Å². The molecule has 3 N–H and O–H groups in total. The third-order valence-corrected chi connectivity index (χ3v) is 2.85. The van der Waals surface area contributed by atoms with Crippen LogP contribution in [0.4, 0.5) is 10.5 Å². The molecule has 1 amide bonds. The standard InChI is InChI=1S/C12H16N2O3/c13-10-3-1-9(2-4-10)7-11-8-14(12(15)16)5-6-17-11/h1-4,11H,5-8,13H2,(H,15,16)/t11-/m1/s1. The summed E-state index contributed by atoms with van der Waals surface area (Å²) in [6.07, 6.45) is -0.233. The smallest absolute Gasteiger partial charge is 0.407 e. The van der Waals surface area contributed by atoms with Crippen LogP contribution in [0.5, 0.6) is 0 Å². The second kappa shape index (κ2) is 5.05. The van der Waals surface area contributed by atoms with Crippen LogP contribution < -0.4 is 5.73 Å². The number of amides is 1. The summed E-state index contributed by atoms with van der Waals surface area (Å²) in [5.41, 5.74) is 7.44. The summed E-state index contributed by atoms with van der Waals surface area (Å²) in [7, 11) is 0. The molecule has 0 radical (unpaired) electrons. The van der Waals surface area contributed by atoms with Crippen molar-refractivity contribution in [2.45, 2.75) is 12.5 Å². The number of nitrogens with two attached hydrogens (primary N) is 1. The molecule has 0 bridgehead atoms. The number of nitrogens with zero attached hydrogens (tertiary/aromatic N) is 1. The first-order chi connectivity index (χ1) is 8.15. The van der Waals surface area contributed by atoms with Gasteiger partial charge in [-0.25, -0.2) is 4.79 Å². The maximum absolute atomic E-state index is 10.9. The zero-order valence-corrected chi connectivity index (χ0v) is 9.50. The third kappa shape index (κ3) is 3.10. The number of hydrogen-bond acceptors (Lipinski definition) is 3. The van der Waals surface area contributed by atoms with E-state index in [4.69, 9.17) is 15.6 Å². The van der Waals surface area contributed by atoms with Crippen molar-refractivity contribution in [1.29, 1.82) is 0 Å². The molecule has 0 saturated carbocycles. The molecule has 1 aliphatic heterocycles. The number of hydrogen-bond donors (Lipinski definition) is 2. The van der Waals surface area contributed by atoms with Crippen LogP contribution in [0.25, 0.3) is 0 Å². The van der Waals surface area contributed by atoms with Crippen LogP contribution in [-0.4, -0.2) is 41.9 Å². The summed E-state index contributed by atoms with van der Waals surface area (Å²) >= 11 is 0. The lowest BCUT2D eigenvalue weighted by Gasteiger charge is -2.31. The van der Waals surface area contributed by atoms with Crippen LogP contribution in [0.1, 0.15) is 5.56 Å². The molecule has 1 aromatic carbocycles. The van der Waals surface area contributed by atoms with Gasteiger partial charge in [0.2, 0.25) is 0 Å². The highest BCUT2D eigenvalue weighted by atomic mass is 16.5. The van der Waals surface area contributed by atoms with Gasteiger partial charge < -0.3 is 20.5 Å². The van der Waals surface area contributed by atoms with Gasteiger partial charge in [0, 0.05) is 18.7 Å². The molecular formula is C12H16N2O3. The van der Waals surface area contributed by atoms with Gasteiger partial charge in [-0.15, -0.1) is 0 Å². The monoisotopic (exact) mass is 236 g/mol. The molecule has 1 aromatic rings. The number of nitrogen functional groups attached to an aromatic ring is 1. The van der Waals surface area contributed by atoms with Crippen molar-refractivity contribution in [3.8, 4) is 0 Å². The van der Waals surface area contributed by atoms with Crippen molar-refractivity contribution in [3.05, 3.63) is 29.8 Å². The van der Waals surface area contributed by atoms with E-state index < -0.39 is 6.09 Å². The number of anilines is 1. The highest BCUT2D eigenvalue weighted by Crippen LogP contribution is 2.13. The number of rotatable bonds is 2. The Balaban J connectivity index is 1.94. The Morgan fingerprint density at radius 1 is 1.47 bits per heavy atom. The minimum atomic E-state index is -0.879. The minimum Gasteiger partial charge on any atom is -0.465 e. The summed E-state index contributed by atoms with van der Waals surface area (Å²) in [6.45, 7) is 1.35. The summed E-state index contributed by atoms with van der Waals surface area (Å²) < 4.78 is 5.56. The quantitative estimate of drug-likeness (QED) is 0.756. The predicted octanol–water partition coefficient (Wildman–Crippen LogP) is 1.19. The Morgan fingerprint density at radius 3 is 2.82 bits per heavy atom. The van der Waals surface area contributed by atoms with Crippen LogP contribution in [0.2, 0.25) is 0 Å². The van der Waals surface area contributed by atoms with Crippen molar-refractivity contribution in [1.82, 2.24) is 4.90 Å². The summed E-state index contributed by atoms with van der Waals surface area (Å²) in [5, 5.41) is 8.91. The van der Waals surface area contributed by atoms with Gasteiger partial charge in [-0.1, -0.05) is 12.1 Å². The van der Waals surface area contributed by atoms with E-state index in [9.17, 15) is 4.79 Å². The Bertz CT molecular complexity index is 391. The van der Waals surface area contributed by atoms with Crippen LogP contribution in [-0.2, 0) is 11.2 Å². The van der Waals surface area contributed by atoms with E-state index in [0.29, 0.717) is 26.1 Å².